The summed E-state index contributed by atoms with van der Waals surface area (Å²) in [6.07, 6.45) is 4.60. The van der Waals surface area contributed by atoms with Crippen molar-refractivity contribution >= 4 is 33.8 Å². The Morgan fingerprint density at radius 2 is 1.67 bits per heavy atom. The Bertz CT molecular complexity index is 916. The van der Waals surface area contributed by atoms with E-state index in [1.807, 2.05) is 12.1 Å². The second-order valence-corrected chi connectivity index (χ2v) is 18.5. The van der Waals surface area contributed by atoms with Gasteiger partial charge >= 0.3 is 209 Å². The Morgan fingerprint density at radius 1 is 1.03 bits per heavy atom. The van der Waals surface area contributed by atoms with Crippen LogP contribution in [0.1, 0.15) is 40.2 Å². The average Bonchev–Trinajstić information content (AvgIpc) is 2.76. The summed E-state index contributed by atoms with van der Waals surface area (Å²) in [6, 6.07) is 19.0. The van der Waals surface area contributed by atoms with Crippen LogP contribution in [0.2, 0.25) is 22.9 Å². The first kappa shape index (κ1) is 26.2. The van der Waals surface area contributed by atoms with Crippen LogP contribution < -0.4 is 9.20 Å². The molecule has 1 saturated heterocycles. The van der Waals surface area contributed by atoms with Crippen molar-refractivity contribution in [2.45, 2.75) is 69.8 Å². The fourth-order valence-corrected chi connectivity index (χ4v) is 8.48. The molecule has 0 unspecified atom stereocenters. The Balaban J connectivity index is 1.94. The van der Waals surface area contributed by atoms with E-state index in [1.54, 1.807) is 7.11 Å². The average molecular weight is 532 g/mol. The van der Waals surface area contributed by atoms with Crippen molar-refractivity contribution in [2.75, 3.05) is 13.7 Å². The van der Waals surface area contributed by atoms with Crippen LogP contribution in [-0.4, -0.2) is 49.2 Å². The third kappa shape index (κ3) is 6.61. The fourth-order valence-electron chi connectivity index (χ4n) is 3.70. The van der Waals surface area contributed by atoms with E-state index in [9.17, 15) is 0 Å². The molecule has 1 aliphatic rings. The molecule has 1 aliphatic heterocycles. The summed E-state index contributed by atoms with van der Waals surface area (Å²) in [5.74, 6) is 0.871. The summed E-state index contributed by atoms with van der Waals surface area (Å²) in [4.78, 5) is 0.298. The standard InChI is InChI=1S/C28H40O3SeSi/c1-27(2,3)33(7,8)31-26-25(32-23-12-10-9-11-13-23)24(30-20-28(26,4)5)19-16-21-14-17-22(29-6)18-15-21/h9-19,24-26H,20H2,1-8H3/b19-16+/t24-,25-,26-/m1/s1. The van der Waals surface area contributed by atoms with Crippen molar-refractivity contribution in [1.82, 2.24) is 0 Å². The number of hydrogen-bond donors (Lipinski definition) is 0. The topological polar surface area (TPSA) is 27.7 Å². The van der Waals surface area contributed by atoms with E-state index in [4.69, 9.17) is 13.9 Å². The van der Waals surface area contributed by atoms with Gasteiger partial charge in [-0.3, -0.25) is 0 Å². The third-order valence-corrected chi connectivity index (χ3v) is 14.1. The molecule has 0 bridgehead atoms. The van der Waals surface area contributed by atoms with Crippen molar-refractivity contribution < 1.29 is 13.9 Å². The van der Waals surface area contributed by atoms with Crippen molar-refractivity contribution in [1.29, 1.82) is 0 Å². The summed E-state index contributed by atoms with van der Waals surface area (Å²) in [5, 5.41) is 0.167. The Hall–Kier alpha value is -1.36. The Labute approximate surface area is 208 Å². The van der Waals surface area contributed by atoms with Gasteiger partial charge in [0.2, 0.25) is 0 Å². The molecule has 3 nitrogen and oxygen atoms in total. The Morgan fingerprint density at radius 3 is 2.24 bits per heavy atom. The van der Waals surface area contributed by atoms with Crippen LogP contribution in [0.4, 0.5) is 0 Å². The van der Waals surface area contributed by atoms with Gasteiger partial charge in [0.05, 0.1) is 0 Å². The monoisotopic (exact) mass is 532 g/mol. The van der Waals surface area contributed by atoms with E-state index in [2.05, 4.69) is 102 Å². The number of ether oxygens (including phenoxy) is 2. The molecule has 0 aliphatic carbocycles. The first-order valence-corrected chi connectivity index (χ1v) is 16.5. The minimum atomic E-state index is -1.95. The van der Waals surface area contributed by atoms with Crippen LogP contribution in [0.5, 0.6) is 5.75 Å². The van der Waals surface area contributed by atoms with E-state index < -0.39 is 8.32 Å². The van der Waals surface area contributed by atoms with Gasteiger partial charge in [-0.1, -0.05) is 0 Å². The first-order valence-electron chi connectivity index (χ1n) is 11.8. The van der Waals surface area contributed by atoms with Gasteiger partial charge < -0.3 is 0 Å². The second kappa shape index (κ2) is 10.5. The van der Waals surface area contributed by atoms with Gasteiger partial charge in [0.1, 0.15) is 0 Å². The number of hydrogen-bond acceptors (Lipinski definition) is 3. The molecule has 0 aromatic heterocycles. The molecular formula is C28H40O3SeSi. The first-order chi connectivity index (χ1) is 15.4. The second-order valence-electron chi connectivity index (χ2n) is 11.1. The molecule has 1 fully saturated rings. The van der Waals surface area contributed by atoms with Crippen LogP contribution in [0.25, 0.3) is 6.08 Å². The quantitative estimate of drug-likeness (QED) is 0.390. The maximum absolute atomic E-state index is 7.18. The third-order valence-electron chi connectivity index (χ3n) is 6.88. The van der Waals surface area contributed by atoms with Crippen LogP contribution in [0, 0.1) is 5.41 Å². The molecule has 5 heteroatoms. The molecule has 3 rings (SSSR count). The van der Waals surface area contributed by atoms with Crippen molar-refractivity contribution in [3.05, 3.63) is 66.2 Å². The van der Waals surface area contributed by atoms with Gasteiger partial charge in [-0.25, -0.2) is 0 Å². The SMILES string of the molecule is COc1ccc(/C=C/[C@H]2OCC(C)(C)[C@H](O[Si](C)(C)C(C)(C)C)[C@@H]2[Se]c2ccccc2)cc1. The van der Waals surface area contributed by atoms with E-state index in [0.29, 0.717) is 11.4 Å². The zero-order valence-corrected chi connectivity index (χ0v) is 24.1. The van der Waals surface area contributed by atoms with Gasteiger partial charge in [-0.05, 0) is 0 Å². The molecule has 0 amide bonds. The fraction of sp³-hybridized carbons (Fsp3) is 0.500. The summed E-state index contributed by atoms with van der Waals surface area (Å²) in [5.41, 5.74) is 1.11. The normalized spacial score (nSPS) is 23.6. The number of methoxy groups -OCH3 is 1. The summed E-state index contributed by atoms with van der Waals surface area (Å²) < 4.78 is 20.4. The zero-order chi connectivity index (χ0) is 24.3. The van der Waals surface area contributed by atoms with Gasteiger partial charge in [0.15, 0.2) is 0 Å². The van der Waals surface area contributed by atoms with E-state index >= 15 is 0 Å². The van der Waals surface area contributed by atoms with Crippen LogP contribution >= 0.6 is 0 Å². The molecule has 33 heavy (non-hydrogen) atoms. The summed E-state index contributed by atoms with van der Waals surface area (Å²) in [7, 11) is -0.255. The van der Waals surface area contributed by atoms with Gasteiger partial charge in [-0.15, -0.1) is 0 Å². The predicted octanol–water partition coefficient (Wildman–Crippen LogP) is 6.34. The summed E-state index contributed by atoms with van der Waals surface area (Å²) in [6.45, 7) is 17.0. The van der Waals surface area contributed by atoms with E-state index in [-0.39, 0.29) is 37.6 Å². The molecule has 0 spiro atoms. The van der Waals surface area contributed by atoms with Crippen molar-refractivity contribution in [3.8, 4) is 5.75 Å². The predicted molar refractivity (Wildman–Crippen MR) is 143 cm³/mol. The molecule has 1 heterocycles. The summed E-state index contributed by atoms with van der Waals surface area (Å²) >= 11 is 0.223. The molecule has 180 valence electrons. The van der Waals surface area contributed by atoms with Crippen LogP contribution in [0.15, 0.2) is 60.7 Å². The maximum atomic E-state index is 7.18. The molecule has 0 radical (unpaired) electrons. The van der Waals surface area contributed by atoms with Gasteiger partial charge in [0.25, 0.3) is 0 Å². The Kier molecular flexibility index (Phi) is 8.35. The van der Waals surface area contributed by atoms with Crippen molar-refractivity contribution in [3.63, 3.8) is 0 Å². The van der Waals surface area contributed by atoms with E-state index in [1.165, 1.54) is 4.46 Å². The van der Waals surface area contributed by atoms with Crippen molar-refractivity contribution in [2.24, 2.45) is 5.41 Å². The minimum absolute atomic E-state index is 0.0232. The van der Waals surface area contributed by atoms with Crippen LogP contribution in [0.3, 0.4) is 0 Å². The van der Waals surface area contributed by atoms with E-state index in [0.717, 1.165) is 11.3 Å². The zero-order valence-electron chi connectivity index (χ0n) is 21.4. The number of rotatable bonds is 7. The molecular weight excluding hydrogens is 491 g/mol. The number of benzene rings is 2. The van der Waals surface area contributed by atoms with Gasteiger partial charge in [0, 0.05) is 0 Å². The molecule has 0 saturated carbocycles. The van der Waals surface area contributed by atoms with Crippen LogP contribution in [-0.2, 0) is 9.16 Å². The van der Waals surface area contributed by atoms with Gasteiger partial charge in [-0.2, -0.15) is 0 Å². The molecule has 3 atom stereocenters. The molecule has 2 aromatic carbocycles. The molecule has 0 N–H and O–H groups in total. The molecule has 2 aromatic rings.